The summed E-state index contributed by atoms with van der Waals surface area (Å²) in [5.41, 5.74) is 2.39. The van der Waals surface area contributed by atoms with E-state index < -0.39 is 0 Å². The van der Waals surface area contributed by atoms with E-state index in [9.17, 15) is 4.79 Å². The largest absolute Gasteiger partial charge is 0.381 e. The lowest BCUT2D eigenvalue weighted by Crippen LogP contribution is -2.06. The van der Waals surface area contributed by atoms with E-state index >= 15 is 0 Å². The number of carbonyl (C=O) groups is 1. The third-order valence-corrected chi connectivity index (χ3v) is 3.45. The summed E-state index contributed by atoms with van der Waals surface area (Å²) in [4.78, 5) is 11.0. The Morgan fingerprint density at radius 2 is 1.71 bits per heavy atom. The van der Waals surface area contributed by atoms with Gasteiger partial charge < -0.3 is 10.6 Å². The van der Waals surface area contributed by atoms with E-state index in [1.54, 1.807) is 18.2 Å². The molecule has 0 aromatic heterocycles. The van der Waals surface area contributed by atoms with E-state index in [4.69, 9.17) is 34.8 Å². The van der Waals surface area contributed by atoms with Gasteiger partial charge in [-0.3, -0.25) is 4.79 Å². The van der Waals surface area contributed by atoms with E-state index in [0.717, 1.165) is 11.3 Å². The van der Waals surface area contributed by atoms with Crippen LogP contribution in [0.5, 0.6) is 0 Å². The van der Waals surface area contributed by atoms with Crippen LogP contribution in [-0.4, -0.2) is 5.91 Å². The number of anilines is 2. The molecule has 0 aliphatic carbocycles. The van der Waals surface area contributed by atoms with Crippen LogP contribution in [0, 0.1) is 0 Å². The lowest BCUT2D eigenvalue weighted by Gasteiger charge is -2.10. The van der Waals surface area contributed by atoms with Crippen molar-refractivity contribution in [3.63, 3.8) is 0 Å². The Balaban J connectivity index is 2.06. The maximum atomic E-state index is 11.0. The van der Waals surface area contributed by atoms with Crippen LogP contribution >= 0.6 is 34.8 Å². The molecule has 0 saturated heterocycles. The molecule has 21 heavy (non-hydrogen) atoms. The molecule has 2 N–H and O–H groups in total. The summed E-state index contributed by atoms with van der Waals surface area (Å²) in [6.45, 7) is 2.00. The maximum Gasteiger partial charge on any atom is 0.221 e. The molecule has 0 aliphatic heterocycles. The predicted octanol–water partition coefficient (Wildman–Crippen LogP) is 5.22. The van der Waals surface area contributed by atoms with Crippen molar-refractivity contribution in [3.05, 3.63) is 57.0 Å². The van der Waals surface area contributed by atoms with Gasteiger partial charge in [-0.15, -0.1) is 0 Å². The average molecular weight is 344 g/mol. The second-order valence-electron chi connectivity index (χ2n) is 4.51. The average Bonchev–Trinajstić information content (AvgIpc) is 2.38. The molecule has 110 valence electrons. The molecule has 0 radical (unpaired) electrons. The van der Waals surface area contributed by atoms with Gasteiger partial charge in [-0.1, -0.05) is 34.8 Å². The minimum atomic E-state index is -0.161. The molecule has 1 amide bonds. The minimum absolute atomic E-state index is 0.161. The molecule has 0 atom stereocenters. The van der Waals surface area contributed by atoms with Crippen molar-refractivity contribution in [2.24, 2.45) is 0 Å². The summed E-state index contributed by atoms with van der Waals surface area (Å²) in [6, 6.07) is 10.7. The normalized spacial score (nSPS) is 10.3. The predicted molar refractivity (Wildman–Crippen MR) is 89.5 cm³/mol. The zero-order valence-electron chi connectivity index (χ0n) is 11.2. The molecule has 2 aromatic carbocycles. The lowest BCUT2D eigenvalue weighted by atomic mass is 10.2. The summed E-state index contributed by atoms with van der Waals surface area (Å²) < 4.78 is 0. The Morgan fingerprint density at radius 3 is 2.29 bits per heavy atom. The van der Waals surface area contributed by atoms with Crippen molar-refractivity contribution in [2.75, 3.05) is 10.6 Å². The van der Waals surface area contributed by atoms with Crippen molar-refractivity contribution in [1.82, 2.24) is 0 Å². The second-order valence-corrected chi connectivity index (χ2v) is 5.79. The van der Waals surface area contributed by atoms with E-state index in [1.165, 1.54) is 6.92 Å². The Kier molecular flexibility index (Phi) is 5.34. The van der Waals surface area contributed by atoms with Crippen LogP contribution in [0.4, 0.5) is 11.4 Å². The number of carbonyl (C=O) groups excluding carboxylic acids is 1. The summed E-state index contributed by atoms with van der Waals surface area (Å²) in [7, 11) is 0. The SMILES string of the molecule is CC(=O)Nc1ccc(NCc2cc(Cl)cc(Cl)c2)cc1Cl. The molecule has 2 aromatic rings. The van der Waals surface area contributed by atoms with Crippen molar-refractivity contribution in [3.8, 4) is 0 Å². The van der Waals surface area contributed by atoms with Crippen LogP contribution in [-0.2, 0) is 11.3 Å². The highest BCUT2D eigenvalue weighted by Gasteiger charge is 2.04. The molecule has 0 aliphatic rings. The van der Waals surface area contributed by atoms with Crippen LogP contribution in [0.1, 0.15) is 12.5 Å². The Morgan fingerprint density at radius 1 is 1.05 bits per heavy atom. The van der Waals surface area contributed by atoms with Gasteiger partial charge in [0.2, 0.25) is 5.91 Å². The topological polar surface area (TPSA) is 41.1 Å². The van der Waals surface area contributed by atoms with Crippen LogP contribution in [0.15, 0.2) is 36.4 Å². The van der Waals surface area contributed by atoms with E-state index in [-0.39, 0.29) is 5.91 Å². The first-order valence-electron chi connectivity index (χ1n) is 6.20. The van der Waals surface area contributed by atoms with Gasteiger partial charge in [0.05, 0.1) is 10.7 Å². The molecule has 0 saturated carbocycles. The van der Waals surface area contributed by atoms with Crippen LogP contribution in [0.25, 0.3) is 0 Å². The Bertz CT molecular complexity index is 654. The van der Waals surface area contributed by atoms with Gasteiger partial charge in [-0.05, 0) is 42.0 Å². The third-order valence-electron chi connectivity index (χ3n) is 2.70. The number of rotatable bonds is 4. The molecule has 2 rings (SSSR count). The number of amides is 1. The van der Waals surface area contributed by atoms with Gasteiger partial charge in [-0.25, -0.2) is 0 Å². The summed E-state index contributed by atoms with van der Waals surface area (Å²) in [5.74, 6) is -0.161. The molecule has 3 nitrogen and oxygen atoms in total. The quantitative estimate of drug-likeness (QED) is 0.799. The summed E-state index contributed by atoms with van der Waals surface area (Å²) in [6.07, 6.45) is 0. The number of nitrogens with one attached hydrogen (secondary N) is 2. The first-order valence-corrected chi connectivity index (χ1v) is 7.33. The van der Waals surface area contributed by atoms with Crippen molar-refractivity contribution in [2.45, 2.75) is 13.5 Å². The van der Waals surface area contributed by atoms with Crippen molar-refractivity contribution in [1.29, 1.82) is 0 Å². The Hall–Kier alpha value is -1.42. The fourth-order valence-corrected chi connectivity index (χ4v) is 2.63. The number of hydrogen-bond acceptors (Lipinski definition) is 2. The first-order chi connectivity index (χ1) is 9.94. The molecular formula is C15H13Cl3N2O. The molecule has 6 heteroatoms. The number of halogens is 3. The third kappa shape index (κ3) is 4.81. The highest BCUT2D eigenvalue weighted by atomic mass is 35.5. The summed E-state index contributed by atoms with van der Waals surface area (Å²) in [5, 5.41) is 7.54. The lowest BCUT2D eigenvalue weighted by molar-refractivity contribution is -0.114. The molecule has 0 heterocycles. The fraction of sp³-hybridized carbons (Fsp3) is 0.133. The van der Waals surface area contributed by atoms with E-state index in [2.05, 4.69) is 10.6 Å². The van der Waals surface area contributed by atoms with Gasteiger partial charge in [-0.2, -0.15) is 0 Å². The van der Waals surface area contributed by atoms with Crippen LogP contribution in [0.3, 0.4) is 0 Å². The molecule has 0 spiro atoms. The fourth-order valence-electron chi connectivity index (χ4n) is 1.83. The monoisotopic (exact) mass is 342 g/mol. The first kappa shape index (κ1) is 16.0. The smallest absolute Gasteiger partial charge is 0.221 e. The molecule has 0 bridgehead atoms. The maximum absolute atomic E-state index is 11.0. The van der Waals surface area contributed by atoms with Crippen molar-refractivity contribution < 1.29 is 4.79 Å². The molecule has 0 fully saturated rings. The van der Waals surface area contributed by atoms with Gasteiger partial charge in [0, 0.05) is 29.2 Å². The van der Waals surface area contributed by atoms with Gasteiger partial charge in [0.15, 0.2) is 0 Å². The van der Waals surface area contributed by atoms with Gasteiger partial charge in [0.1, 0.15) is 0 Å². The molecule has 0 unspecified atom stereocenters. The number of hydrogen-bond donors (Lipinski definition) is 2. The second kappa shape index (κ2) is 7.03. The van der Waals surface area contributed by atoms with Crippen molar-refractivity contribution >= 4 is 52.1 Å². The van der Waals surface area contributed by atoms with Crippen LogP contribution in [0.2, 0.25) is 15.1 Å². The van der Waals surface area contributed by atoms with Crippen LogP contribution < -0.4 is 10.6 Å². The van der Waals surface area contributed by atoms with Gasteiger partial charge in [0.25, 0.3) is 0 Å². The standard InChI is InChI=1S/C15H13Cl3N2O/c1-9(21)20-15-3-2-13(7-14(15)18)19-8-10-4-11(16)6-12(17)5-10/h2-7,19H,8H2,1H3,(H,20,21). The Labute approximate surface area is 138 Å². The zero-order chi connectivity index (χ0) is 15.4. The summed E-state index contributed by atoms with van der Waals surface area (Å²) >= 11 is 18.0. The molecular weight excluding hydrogens is 331 g/mol. The van der Waals surface area contributed by atoms with E-state index in [0.29, 0.717) is 27.3 Å². The van der Waals surface area contributed by atoms with Gasteiger partial charge >= 0.3 is 0 Å². The minimum Gasteiger partial charge on any atom is -0.381 e. The zero-order valence-corrected chi connectivity index (χ0v) is 13.5. The highest BCUT2D eigenvalue weighted by molar-refractivity contribution is 6.34. The number of benzene rings is 2. The van der Waals surface area contributed by atoms with E-state index in [1.807, 2.05) is 18.2 Å². The highest BCUT2D eigenvalue weighted by Crippen LogP contribution is 2.26.